The van der Waals surface area contributed by atoms with Gasteiger partial charge in [-0.2, -0.15) is 0 Å². The number of aromatic nitrogens is 3. The number of hydrogen-bond donors (Lipinski definition) is 1. The predicted octanol–water partition coefficient (Wildman–Crippen LogP) is 6.27. The Morgan fingerprint density at radius 3 is 2.52 bits per heavy atom. The fraction of sp³-hybridized carbons (Fsp3) is 0.240. The van der Waals surface area contributed by atoms with Crippen molar-refractivity contribution >= 4 is 35.0 Å². The van der Waals surface area contributed by atoms with Crippen molar-refractivity contribution in [3.05, 3.63) is 83.3 Å². The maximum Gasteiger partial charge on any atom is 0.234 e. The minimum atomic E-state index is -0.0997. The summed E-state index contributed by atoms with van der Waals surface area (Å²) in [5.41, 5.74) is 2.73. The number of nitrogens with zero attached hydrogens (tertiary/aromatic N) is 3. The number of furan rings is 1. The van der Waals surface area contributed by atoms with Gasteiger partial charge in [0.25, 0.3) is 0 Å². The van der Waals surface area contributed by atoms with Crippen molar-refractivity contribution < 1.29 is 9.21 Å². The van der Waals surface area contributed by atoms with Gasteiger partial charge in [0.2, 0.25) is 5.91 Å². The van der Waals surface area contributed by atoms with E-state index in [1.54, 1.807) is 6.26 Å². The Balaban J connectivity index is 1.53. The lowest BCUT2D eigenvalue weighted by Gasteiger charge is -2.22. The standard InChI is InChI=1S/C25H25ClN4O2S/c1-25(2,3)20-8-4-5-9-21(20)27-22(31)16-33-24-29-28-23(17-10-12-18(26)13-11-17)30(24)15-19-7-6-14-32-19/h4-14H,15-16H2,1-3H3,(H,27,31). The van der Waals surface area contributed by atoms with Gasteiger partial charge in [-0.15, -0.1) is 10.2 Å². The van der Waals surface area contributed by atoms with Gasteiger partial charge in [0.15, 0.2) is 11.0 Å². The lowest BCUT2D eigenvalue weighted by Crippen LogP contribution is -2.20. The van der Waals surface area contributed by atoms with Crippen LogP contribution in [-0.2, 0) is 16.8 Å². The van der Waals surface area contributed by atoms with Gasteiger partial charge in [0.1, 0.15) is 5.76 Å². The molecule has 8 heteroatoms. The maximum absolute atomic E-state index is 12.8. The lowest BCUT2D eigenvalue weighted by atomic mass is 9.86. The molecule has 0 spiro atoms. The van der Waals surface area contributed by atoms with E-state index in [-0.39, 0.29) is 17.1 Å². The van der Waals surface area contributed by atoms with Crippen molar-refractivity contribution in [1.29, 1.82) is 0 Å². The second-order valence-electron chi connectivity index (χ2n) is 8.61. The monoisotopic (exact) mass is 480 g/mol. The molecule has 4 rings (SSSR count). The summed E-state index contributed by atoms with van der Waals surface area (Å²) in [6, 6.07) is 19.1. The molecule has 0 saturated carbocycles. The summed E-state index contributed by atoms with van der Waals surface area (Å²) in [4.78, 5) is 12.8. The van der Waals surface area contributed by atoms with Crippen molar-refractivity contribution in [2.45, 2.75) is 37.9 Å². The van der Waals surface area contributed by atoms with Crippen LogP contribution in [-0.4, -0.2) is 26.4 Å². The maximum atomic E-state index is 12.8. The van der Waals surface area contributed by atoms with Gasteiger partial charge in [-0.1, -0.05) is 62.3 Å². The van der Waals surface area contributed by atoms with E-state index in [9.17, 15) is 4.79 Å². The summed E-state index contributed by atoms with van der Waals surface area (Å²) in [6.07, 6.45) is 1.63. The highest BCUT2D eigenvalue weighted by molar-refractivity contribution is 7.99. The Labute approximate surface area is 202 Å². The van der Waals surface area contributed by atoms with Crippen LogP contribution in [0.5, 0.6) is 0 Å². The third-order valence-corrected chi connectivity index (χ3v) is 6.27. The van der Waals surface area contributed by atoms with E-state index in [1.807, 2.05) is 65.2 Å². The highest BCUT2D eigenvalue weighted by atomic mass is 35.5. The lowest BCUT2D eigenvalue weighted by molar-refractivity contribution is -0.113. The molecule has 0 bridgehead atoms. The number of thioether (sulfide) groups is 1. The average molecular weight is 481 g/mol. The first-order valence-electron chi connectivity index (χ1n) is 10.5. The number of benzene rings is 2. The summed E-state index contributed by atoms with van der Waals surface area (Å²) in [5.74, 6) is 1.56. The normalized spacial score (nSPS) is 11.5. The number of rotatable bonds is 7. The molecule has 0 aliphatic carbocycles. The zero-order valence-electron chi connectivity index (χ0n) is 18.7. The van der Waals surface area contributed by atoms with E-state index in [4.69, 9.17) is 16.0 Å². The van der Waals surface area contributed by atoms with E-state index in [1.165, 1.54) is 11.8 Å². The summed E-state index contributed by atoms with van der Waals surface area (Å²) in [5, 5.41) is 13.1. The van der Waals surface area contributed by atoms with Crippen molar-refractivity contribution in [3.8, 4) is 11.4 Å². The van der Waals surface area contributed by atoms with Gasteiger partial charge >= 0.3 is 0 Å². The molecule has 0 atom stereocenters. The van der Waals surface area contributed by atoms with E-state index in [0.717, 1.165) is 22.6 Å². The van der Waals surface area contributed by atoms with Crippen LogP contribution in [0.15, 0.2) is 76.5 Å². The Morgan fingerprint density at radius 1 is 1.06 bits per heavy atom. The Morgan fingerprint density at radius 2 is 1.82 bits per heavy atom. The number of hydrogen-bond acceptors (Lipinski definition) is 5. The molecule has 1 amide bonds. The topological polar surface area (TPSA) is 73.0 Å². The van der Waals surface area contributed by atoms with Gasteiger partial charge in [0.05, 0.1) is 18.6 Å². The van der Waals surface area contributed by atoms with Gasteiger partial charge in [-0.25, -0.2) is 0 Å². The molecule has 2 aromatic carbocycles. The summed E-state index contributed by atoms with van der Waals surface area (Å²) in [6.45, 7) is 6.83. The molecule has 2 aromatic heterocycles. The summed E-state index contributed by atoms with van der Waals surface area (Å²) < 4.78 is 7.48. The number of anilines is 1. The first kappa shape index (κ1) is 23.1. The Kier molecular flexibility index (Phi) is 6.91. The summed E-state index contributed by atoms with van der Waals surface area (Å²) in [7, 11) is 0. The number of carbonyl (C=O) groups excluding carboxylic acids is 1. The average Bonchev–Trinajstić information content (AvgIpc) is 3.43. The first-order chi connectivity index (χ1) is 15.8. The van der Waals surface area contributed by atoms with Gasteiger partial charge < -0.3 is 9.73 Å². The molecule has 0 unspecified atom stereocenters. The molecule has 2 heterocycles. The zero-order valence-corrected chi connectivity index (χ0v) is 20.3. The highest BCUT2D eigenvalue weighted by Gasteiger charge is 2.20. The smallest absolute Gasteiger partial charge is 0.234 e. The van der Waals surface area contributed by atoms with Gasteiger partial charge in [-0.05, 0) is 53.4 Å². The first-order valence-corrected chi connectivity index (χ1v) is 11.9. The van der Waals surface area contributed by atoms with Crippen molar-refractivity contribution in [3.63, 3.8) is 0 Å². The zero-order chi connectivity index (χ0) is 23.4. The molecule has 0 saturated heterocycles. The van der Waals surface area contributed by atoms with Crippen LogP contribution < -0.4 is 5.32 Å². The second-order valence-corrected chi connectivity index (χ2v) is 9.99. The number of carbonyl (C=O) groups is 1. The quantitative estimate of drug-likeness (QED) is 0.315. The minimum Gasteiger partial charge on any atom is -0.467 e. The van der Waals surface area contributed by atoms with Crippen LogP contribution in [0.25, 0.3) is 11.4 Å². The molecule has 0 aliphatic heterocycles. The molecule has 1 N–H and O–H groups in total. The van der Waals surface area contributed by atoms with E-state index < -0.39 is 0 Å². The number of halogens is 1. The number of para-hydroxylation sites is 1. The van der Waals surface area contributed by atoms with Crippen molar-refractivity contribution in [2.24, 2.45) is 0 Å². The number of nitrogens with one attached hydrogen (secondary N) is 1. The summed E-state index contributed by atoms with van der Waals surface area (Å²) >= 11 is 7.38. The highest BCUT2D eigenvalue weighted by Crippen LogP contribution is 2.30. The second kappa shape index (κ2) is 9.85. The molecular formula is C25H25ClN4O2S. The fourth-order valence-corrected chi connectivity index (χ4v) is 4.34. The van der Waals surface area contributed by atoms with Gasteiger partial charge in [-0.3, -0.25) is 9.36 Å². The molecule has 0 fully saturated rings. The molecular weight excluding hydrogens is 456 g/mol. The SMILES string of the molecule is CC(C)(C)c1ccccc1NC(=O)CSc1nnc(-c2ccc(Cl)cc2)n1Cc1ccco1. The molecule has 4 aromatic rings. The van der Waals surface area contributed by atoms with Crippen LogP contribution in [0.4, 0.5) is 5.69 Å². The molecule has 0 aliphatic rings. The van der Waals surface area contributed by atoms with Crippen LogP contribution in [0.3, 0.4) is 0 Å². The Hall–Kier alpha value is -3.03. The van der Waals surface area contributed by atoms with Crippen molar-refractivity contribution in [2.75, 3.05) is 11.1 Å². The van der Waals surface area contributed by atoms with E-state index >= 15 is 0 Å². The van der Waals surface area contributed by atoms with E-state index in [0.29, 0.717) is 22.5 Å². The van der Waals surface area contributed by atoms with E-state index in [2.05, 4.69) is 36.3 Å². The minimum absolute atomic E-state index is 0.0757. The fourth-order valence-electron chi connectivity index (χ4n) is 3.47. The third-order valence-electron chi connectivity index (χ3n) is 5.05. The molecule has 0 radical (unpaired) electrons. The van der Waals surface area contributed by atoms with Crippen LogP contribution in [0.1, 0.15) is 32.1 Å². The Bertz CT molecular complexity index is 1230. The van der Waals surface area contributed by atoms with Crippen LogP contribution in [0, 0.1) is 0 Å². The molecule has 33 heavy (non-hydrogen) atoms. The third kappa shape index (κ3) is 5.67. The molecule has 170 valence electrons. The number of amides is 1. The van der Waals surface area contributed by atoms with Crippen molar-refractivity contribution in [1.82, 2.24) is 14.8 Å². The predicted molar refractivity (Wildman–Crippen MR) is 133 cm³/mol. The molecule has 6 nitrogen and oxygen atoms in total. The van der Waals surface area contributed by atoms with Gasteiger partial charge in [0, 0.05) is 16.3 Å². The van der Waals surface area contributed by atoms with Crippen LogP contribution in [0.2, 0.25) is 5.02 Å². The largest absolute Gasteiger partial charge is 0.467 e. The van der Waals surface area contributed by atoms with Crippen LogP contribution >= 0.6 is 23.4 Å².